The Morgan fingerprint density at radius 3 is 2.29 bits per heavy atom. The van der Waals surface area contributed by atoms with Crippen LogP contribution in [0.1, 0.15) is 36.0 Å². The lowest BCUT2D eigenvalue weighted by molar-refractivity contribution is 0.388. The van der Waals surface area contributed by atoms with Crippen LogP contribution in [0.3, 0.4) is 0 Å². The molecule has 0 radical (unpaired) electrons. The van der Waals surface area contributed by atoms with E-state index in [0.29, 0.717) is 23.6 Å². The first-order valence-corrected chi connectivity index (χ1v) is 12.5. The van der Waals surface area contributed by atoms with Gasteiger partial charge in [-0.25, -0.2) is 9.78 Å². The smallest absolute Gasteiger partial charge is 0.439 e. The monoisotopic (exact) mass is 508 g/mol. The van der Waals surface area contributed by atoms with E-state index in [-0.39, 0.29) is 5.56 Å². The largest absolute Gasteiger partial charge is 0.497 e. The maximum atomic E-state index is 13.8. The number of rotatable bonds is 8. The third-order valence-corrected chi connectivity index (χ3v) is 6.52. The fraction of sp³-hybridized carbons (Fsp3) is 0.200. The third kappa shape index (κ3) is 4.93. The minimum absolute atomic E-state index is 0.0597. The summed E-state index contributed by atoms with van der Waals surface area (Å²) in [5.74, 6) is 1.17. The number of nitrogens with zero attached hydrogens (tertiary/aromatic N) is 3. The first-order chi connectivity index (χ1) is 18.5. The van der Waals surface area contributed by atoms with Crippen molar-refractivity contribution in [2.24, 2.45) is 0 Å². The molecule has 0 spiro atoms. The van der Waals surface area contributed by atoms with Gasteiger partial charge < -0.3 is 4.74 Å². The Labute approximate surface area is 219 Å². The molecule has 5 aromatic rings. The molecule has 0 atom stereocenters. The van der Waals surface area contributed by atoms with Crippen molar-refractivity contribution in [3.8, 4) is 34.0 Å². The van der Waals surface area contributed by atoms with Crippen molar-refractivity contribution in [2.45, 2.75) is 33.1 Å². The average Bonchev–Trinajstić information content (AvgIpc) is 3.38. The van der Waals surface area contributed by atoms with Crippen molar-refractivity contribution >= 4 is 0 Å². The van der Waals surface area contributed by atoms with E-state index in [9.17, 15) is 9.59 Å². The topological polar surface area (TPSA) is 103 Å². The summed E-state index contributed by atoms with van der Waals surface area (Å²) in [5.41, 5.74) is 5.86. The molecule has 1 N–H and O–H groups in total. The van der Waals surface area contributed by atoms with Crippen LogP contribution in [-0.2, 0) is 12.8 Å². The van der Waals surface area contributed by atoms with Crippen molar-refractivity contribution in [1.82, 2.24) is 19.7 Å². The number of nitrogens with one attached hydrogen (secondary N) is 1. The van der Waals surface area contributed by atoms with E-state index in [1.807, 2.05) is 79.7 Å². The molecule has 0 saturated carbocycles. The molecule has 0 aliphatic heterocycles. The predicted octanol–water partition coefficient (Wildman–Crippen LogP) is 5.10. The minimum atomic E-state index is -0.597. The number of hydrogen-bond acceptors (Lipinski definition) is 6. The van der Waals surface area contributed by atoms with Gasteiger partial charge in [0, 0.05) is 17.5 Å². The molecule has 0 aliphatic rings. The molecule has 2 aromatic heterocycles. The zero-order valence-electron chi connectivity index (χ0n) is 21.5. The number of aryl methyl sites for hydroxylation is 2. The highest BCUT2D eigenvalue weighted by Gasteiger charge is 2.17. The standard InChI is InChI=1S/C30H28N4O4/c1-4-7-27-26(29(35)34(19(2)31-27)22-14-16-23(37-3)17-15-22)18-20-10-12-21(13-11-20)24-8-5-6-9-25(24)28-32-30(36)38-33-28/h5-6,8-17H,4,7,18H2,1-3H3,(H,32,33,36). The number of aromatic nitrogens is 4. The molecule has 0 aliphatic carbocycles. The second-order valence-corrected chi connectivity index (χ2v) is 9.04. The van der Waals surface area contributed by atoms with Gasteiger partial charge in [0.1, 0.15) is 11.6 Å². The second kappa shape index (κ2) is 10.7. The predicted molar refractivity (Wildman–Crippen MR) is 146 cm³/mol. The molecule has 192 valence electrons. The first-order valence-electron chi connectivity index (χ1n) is 12.5. The van der Waals surface area contributed by atoms with Gasteiger partial charge >= 0.3 is 5.76 Å². The number of hydrogen-bond donors (Lipinski definition) is 1. The highest BCUT2D eigenvalue weighted by Crippen LogP contribution is 2.30. The van der Waals surface area contributed by atoms with Crippen molar-refractivity contribution in [3.63, 3.8) is 0 Å². The molecule has 0 fully saturated rings. The molecular formula is C30H28N4O4. The highest BCUT2D eigenvalue weighted by atomic mass is 16.5. The molecule has 0 amide bonds. The van der Waals surface area contributed by atoms with E-state index >= 15 is 0 Å². The Bertz CT molecular complexity index is 1680. The zero-order valence-corrected chi connectivity index (χ0v) is 21.5. The number of aromatic amines is 1. The van der Waals surface area contributed by atoms with Crippen molar-refractivity contribution in [2.75, 3.05) is 7.11 Å². The van der Waals surface area contributed by atoms with Crippen LogP contribution >= 0.6 is 0 Å². The molecule has 5 rings (SSSR count). The van der Waals surface area contributed by atoms with Gasteiger partial charge in [-0.1, -0.05) is 67.0 Å². The molecule has 8 nitrogen and oxygen atoms in total. The average molecular weight is 509 g/mol. The molecule has 0 bridgehead atoms. The molecule has 2 heterocycles. The summed E-state index contributed by atoms with van der Waals surface area (Å²) in [6, 6.07) is 23.1. The Morgan fingerprint density at radius 2 is 1.66 bits per heavy atom. The Morgan fingerprint density at radius 1 is 0.947 bits per heavy atom. The van der Waals surface area contributed by atoms with Gasteiger partial charge in [0.05, 0.1) is 18.5 Å². The molecule has 0 unspecified atom stereocenters. The van der Waals surface area contributed by atoms with Crippen LogP contribution < -0.4 is 16.1 Å². The van der Waals surface area contributed by atoms with E-state index < -0.39 is 5.76 Å². The van der Waals surface area contributed by atoms with Crippen LogP contribution in [0, 0.1) is 6.92 Å². The van der Waals surface area contributed by atoms with Crippen LogP contribution in [-0.4, -0.2) is 26.8 Å². The van der Waals surface area contributed by atoms with Crippen molar-refractivity contribution in [1.29, 1.82) is 0 Å². The first kappa shape index (κ1) is 25.0. The number of methoxy groups -OCH3 is 1. The van der Waals surface area contributed by atoms with Gasteiger partial charge in [0.15, 0.2) is 5.82 Å². The Hall–Kier alpha value is -4.72. The SMILES string of the molecule is CCCc1nc(C)n(-c2ccc(OC)cc2)c(=O)c1Cc1ccc(-c2ccccc2-c2noc(=O)[nH]2)cc1. The number of H-pyrrole nitrogens is 1. The molecular weight excluding hydrogens is 480 g/mol. The third-order valence-electron chi connectivity index (χ3n) is 6.52. The van der Waals surface area contributed by atoms with Crippen LogP contribution in [0.25, 0.3) is 28.2 Å². The summed E-state index contributed by atoms with van der Waals surface area (Å²) in [7, 11) is 1.62. The van der Waals surface area contributed by atoms with Crippen LogP contribution in [0.5, 0.6) is 5.75 Å². The van der Waals surface area contributed by atoms with E-state index in [0.717, 1.165) is 52.2 Å². The molecule has 38 heavy (non-hydrogen) atoms. The Kier molecular flexibility index (Phi) is 7.04. The molecule has 3 aromatic carbocycles. The van der Waals surface area contributed by atoms with E-state index in [1.54, 1.807) is 11.7 Å². The van der Waals surface area contributed by atoms with Crippen molar-refractivity contribution < 1.29 is 9.26 Å². The number of ether oxygens (including phenoxy) is 1. The number of benzene rings is 3. The second-order valence-electron chi connectivity index (χ2n) is 9.04. The fourth-order valence-electron chi connectivity index (χ4n) is 4.67. The maximum Gasteiger partial charge on any atom is 0.439 e. The summed E-state index contributed by atoms with van der Waals surface area (Å²) >= 11 is 0. The lowest BCUT2D eigenvalue weighted by atomic mass is 9.96. The molecule has 8 heteroatoms. The summed E-state index contributed by atoms with van der Waals surface area (Å²) in [4.78, 5) is 32.7. The van der Waals surface area contributed by atoms with Gasteiger partial charge in [-0.2, -0.15) is 0 Å². The van der Waals surface area contributed by atoms with E-state index in [4.69, 9.17) is 14.2 Å². The summed E-state index contributed by atoms with van der Waals surface area (Å²) in [6.07, 6.45) is 2.09. The van der Waals surface area contributed by atoms with Crippen molar-refractivity contribution in [3.05, 3.63) is 116 Å². The van der Waals surface area contributed by atoms with Crippen LogP contribution in [0.2, 0.25) is 0 Å². The minimum Gasteiger partial charge on any atom is -0.497 e. The molecule has 0 saturated heterocycles. The Balaban J connectivity index is 1.51. The van der Waals surface area contributed by atoms with Gasteiger partial charge in [-0.3, -0.25) is 18.9 Å². The van der Waals surface area contributed by atoms with E-state index in [1.165, 1.54) is 0 Å². The van der Waals surface area contributed by atoms with Gasteiger partial charge in [-0.05, 0) is 54.3 Å². The normalized spacial score (nSPS) is 11.0. The lowest BCUT2D eigenvalue weighted by Gasteiger charge is -2.16. The van der Waals surface area contributed by atoms with E-state index in [2.05, 4.69) is 17.1 Å². The fourth-order valence-corrected chi connectivity index (χ4v) is 4.67. The summed E-state index contributed by atoms with van der Waals surface area (Å²) in [5, 5.41) is 3.84. The quantitative estimate of drug-likeness (QED) is 0.313. The van der Waals surface area contributed by atoms with Crippen LogP contribution in [0.15, 0.2) is 86.9 Å². The summed E-state index contributed by atoms with van der Waals surface area (Å²) in [6.45, 7) is 3.95. The summed E-state index contributed by atoms with van der Waals surface area (Å²) < 4.78 is 11.6. The zero-order chi connectivity index (χ0) is 26.6. The van der Waals surface area contributed by atoms with Crippen LogP contribution in [0.4, 0.5) is 0 Å². The van der Waals surface area contributed by atoms with Gasteiger partial charge in [0.2, 0.25) is 0 Å². The maximum absolute atomic E-state index is 13.8. The van der Waals surface area contributed by atoms with Gasteiger partial charge in [-0.15, -0.1) is 0 Å². The lowest BCUT2D eigenvalue weighted by Crippen LogP contribution is -2.28. The van der Waals surface area contributed by atoms with Gasteiger partial charge in [0.25, 0.3) is 5.56 Å². The highest BCUT2D eigenvalue weighted by molar-refractivity contribution is 5.80.